The molecular formula is C9H12N2O3. The fourth-order valence-electron chi connectivity index (χ4n) is 1.89. The van der Waals surface area contributed by atoms with E-state index in [9.17, 15) is 9.59 Å². The lowest BCUT2D eigenvalue weighted by Gasteiger charge is -2.26. The second kappa shape index (κ2) is 4.61. The maximum atomic E-state index is 11.3. The largest absolute Gasteiger partial charge is 0.481 e. The average molecular weight is 196 g/mol. The molecule has 1 saturated carbocycles. The number of carboxylic acids is 1. The first-order valence-corrected chi connectivity index (χ1v) is 4.58. The Balaban J connectivity index is 2.68. The smallest absolute Gasteiger partial charge is 0.307 e. The molecule has 1 aliphatic carbocycles. The van der Waals surface area contributed by atoms with Gasteiger partial charge in [0.1, 0.15) is 0 Å². The molecule has 1 fully saturated rings. The zero-order chi connectivity index (χ0) is 10.6. The monoisotopic (exact) mass is 196 g/mol. The third kappa shape index (κ3) is 2.22. The normalized spacial score (nSPS) is 26.2. The first kappa shape index (κ1) is 10.5. The van der Waals surface area contributed by atoms with Gasteiger partial charge in [-0.15, -0.1) is 0 Å². The van der Waals surface area contributed by atoms with Crippen LogP contribution in [0.2, 0.25) is 0 Å². The van der Waals surface area contributed by atoms with Crippen LogP contribution in [0.4, 0.5) is 0 Å². The van der Waals surface area contributed by atoms with E-state index in [1.807, 2.05) is 5.32 Å². The lowest BCUT2D eigenvalue weighted by Crippen LogP contribution is -2.38. The summed E-state index contributed by atoms with van der Waals surface area (Å²) in [5.74, 6) is -2.57. The van der Waals surface area contributed by atoms with Crippen LogP contribution >= 0.6 is 0 Å². The van der Waals surface area contributed by atoms with Gasteiger partial charge in [-0.25, -0.2) is 0 Å². The first-order chi connectivity index (χ1) is 6.66. The number of nitrogens with one attached hydrogen (secondary N) is 1. The Morgan fingerprint density at radius 2 is 1.86 bits per heavy atom. The van der Waals surface area contributed by atoms with E-state index >= 15 is 0 Å². The molecule has 0 aromatic carbocycles. The fourth-order valence-corrected chi connectivity index (χ4v) is 1.89. The molecule has 2 atom stereocenters. The van der Waals surface area contributed by atoms with Crippen molar-refractivity contribution >= 4 is 11.9 Å². The fraction of sp³-hybridized carbons (Fsp3) is 0.667. The van der Waals surface area contributed by atoms with Crippen LogP contribution in [0.5, 0.6) is 0 Å². The van der Waals surface area contributed by atoms with E-state index in [2.05, 4.69) is 0 Å². The molecule has 0 bridgehead atoms. The SMILES string of the molecule is N#CNC(=O)C1CCCCC1C(=O)O. The minimum Gasteiger partial charge on any atom is -0.481 e. The van der Waals surface area contributed by atoms with Crippen molar-refractivity contribution in [2.45, 2.75) is 25.7 Å². The lowest BCUT2D eigenvalue weighted by atomic mass is 9.79. The highest BCUT2D eigenvalue weighted by molar-refractivity contribution is 5.85. The average Bonchev–Trinajstić information content (AvgIpc) is 2.18. The molecule has 76 valence electrons. The summed E-state index contributed by atoms with van der Waals surface area (Å²) in [6.45, 7) is 0. The van der Waals surface area contributed by atoms with Crippen LogP contribution in [-0.4, -0.2) is 17.0 Å². The number of rotatable bonds is 2. The Bertz CT molecular complexity index is 282. The third-order valence-electron chi connectivity index (χ3n) is 2.60. The molecule has 0 saturated heterocycles. The van der Waals surface area contributed by atoms with Gasteiger partial charge in [0.2, 0.25) is 5.91 Å². The second-order valence-electron chi connectivity index (χ2n) is 3.44. The van der Waals surface area contributed by atoms with Gasteiger partial charge in [0.25, 0.3) is 0 Å². The van der Waals surface area contributed by atoms with Gasteiger partial charge >= 0.3 is 5.97 Å². The van der Waals surface area contributed by atoms with Gasteiger partial charge in [-0.05, 0) is 12.8 Å². The Hall–Kier alpha value is -1.57. The molecular weight excluding hydrogens is 184 g/mol. The van der Waals surface area contributed by atoms with E-state index in [0.717, 1.165) is 12.8 Å². The number of aliphatic carboxylic acids is 1. The number of nitriles is 1. The topological polar surface area (TPSA) is 90.2 Å². The number of hydrogen-bond donors (Lipinski definition) is 2. The number of carboxylic acid groups (broad SMARTS) is 1. The molecule has 1 aliphatic rings. The molecule has 2 N–H and O–H groups in total. The molecule has 1 amide bonds. The summed E-state index contributed by atoms with van der Waals surface area (Å²) < 4.78 is 0. The minimum atomic E-state index is -0.942. The highest BCUT2D eigenvalue weighted by atomic mass is 16.4. The van der Waals surface area contributed by atoms with E-state index in [4.69, 9.17) is 10.4 Å². The van der Waals surface area contributed by atoms with E-state index in [0.29, 0.717) is 12.8 Å². The van der Waals surface area contributed by atoms with Crippen molar-refractivity contribution in [2.24, 2.45) is 11.8 Å². The van der Waals surface area contributed by atoms with Gasteiger partial charge in [0.15, 0.2) is 6.19 Å². The molecule has 0 aromatic rings. The quantitative estimate of drug-likeness (QED) is 0.496. The van der Waals surface area contributed by atoms with Crippen molar-refractivity contribution in [1.29, 1.82) is 5.26 Å². The minimum absolute atomic E-state index is 0.459. The molecule has 1 rings (SSSR count). The molecule has 14 heavy (non-hydrogen) atoms. The molecule has 0 heterocycles. The predicted octanol–water partition coefficient (Wildman–Crippen LogP) is 0.475. The summed E-state index contributed by atoms with van der Waals surface area (Å²) in [6, 6.07) is 0. The molecule has 5 nitrogen and oxygen atoms in total. The van der Waals surface area contributed by atoms with Crippen molar-refractivity contribution in [3.8, 4) is 6.19 Å². The Kier molecular flexibility index (Phi) is 3.46. The number of carbonyl (C=O) groups excluding carboxylic acids is 1. The van der Waals surface area contributed by atoms with Crippen molar-refractivity contribution in [3.05, 3.63) is 0 Å². The number of carbonyl (C=O) groups is 2. The van der Waals surface area contributed by atoms with Crippen LogP contribution in [0.1, 0.15) is 25.7 Å². The standard InChI is InChI=1S/C9H12N2O3/c10-5-11-8(12)6-3-1-2-4-7(6)9(13)14/h6-7H,1-4H2,(H,11,12)(H,13,14). The van der Waals surface area contributed by atoms with Crippen LogP contribution in [0.15, 0.2) is 0 Å². The van der Waals surface area contributed by atoms with E-state index in [-0.39, 0.29) is 0 Å². The molecule has 2 unspecified atom stereocenters. The van der Waals surface area contributed by atoms with Crippen LogP contribution in [0.3, 0.4) is 0 Å². The lowest BCUT2D eigenvalue weighted by molar-refractivity contribution is -0.148. The molecule has 0 radical (unpaired) electrons. The number of nitrogens with zero attached hydrogens (tertiary/aromatic N) is 1. The van der Waals surface area contributed by atoms with E-state index in [1.54, 1.807) is 0 Å². The van der Waals surface area contributed by atoms with Gasteiger partial charge in [0, 0.05) is 0 Å². The van der Waals surface area contributed by atoms with Gasteiger partial charge < -0.3 is 5.11 Å². The Labute approximate surface area is 81.7 Å². The number of amides is 1. The highest BCUT2D eigenvalue weighted by Gasteiger charge is 2.35. The molecule has 0 spiro atoms. The van der Waals surface area contributed by atoms with Gasteiger partial charge in [0.05, 0.1) is 11.8 Å². The Morgan fingerprint density at radius 3 is 2.36 bits per heavy atom. The first-order valence-electron chi connectivity index (χ1n) is 4.58. The van der Waals surface area contributed by atoms with Crippen LogP contribution in [-0.2, 0) is 9.59 Å². The van der Waals surface area contributed by atoms with E-state index < -0.39 is 23.7 Å². The summed E-state index contributed by atoms with van der Waals surface area (Å²) in [5, 5.41) is 19.1. The van der Waals surface area contributed by atoms with Crippen molar-refractivity contribution < 1.29 is 14.7 Å². The van der Waals surface area contributed by atoms with Crippen LogP contribution in [0.25, 0.3) is 0 Å². The summed E-state index contributed by atoms with van der Waals surface area (Å²) >= 11 is 0. The zero-order valence-electron chi connectivity index (χ0n) is 7.69. The Morgan fingerprint density at radius 1 is 1.29 bits per heavy atom. The summed E-state index contributed by atoms with van der Waals surface area (Å²) in [5.41, 5.74) is 0. The van der Waals surface area contributed by atoms with Gasteiger partial charge in [-0.3, -0.25) is 14.9 Å². The van der Waals surface area contributed by atoms with Crippen LogP contribution < -0.4 is 5.32 Å². The van der Waals surface area contributed by atoms with E-state index in [1.165, 1.54) is 6.19 Å². The predicted molar refractivity (Wildman–Crippen MR) is 46.8 cm³/mol. The number of hydrogen-bond acceptors (Lipinski definition) is 3. The van der Waals surface area contributed by atoms with Crippen LogP contribution in [0, 0.1) is 23.3 Å². The second-order valence-corrected chi connectivity index (χ2v) is 3.44. The maximum absolute atomic E-state index is 11.3. The van der Waals surface area contributed by atoms with Crippen molar-refractivity contribution in [2.75, 3.05) is 0 Å². The molecule has 5 heteroatoms. The summed E-state index contributed by atoms with van der Waals surface area (Å²) in [4.78, 5) is 22.1. The highest BCUT2D eigenvalue weighted by Crippen LogP contribution is 2.30. The maximum Gasteiger partial charge on any atom is 0.307 e. The van der Waals surface area contributed by atoms with Crippen molar-refractivity contribution in [1.82, 2.24) is 5.32 Å². The van der Waals surface area contributed by atoms with Gasteiger partial charge in [-0.1, -0.05) is 12.8 Å². The summed E-state index contributed by atoms with van der Waals surface area (Å²) in [7, 11) is 0. The van der Waals surface area contributed by atoms with Gasteiger partial charge in [-0.2, -0.15) is 5.26 Å². The third-order valence-corrected chi connectivity index (χ3v) is 2.60. The van der Waals surface area contributed by atoms with Crippen molar-refractivity contribution in [3.63, 3.8) is 0 Å². The summed E-state index contributed by atoms with van der Waals surface area (Å²) in [6.07, 6.45) is 4.31. The molecule has 0 aliphatic heterocycles. The molecule has 0 aromatic heterocycles. The zero-order valence-corrected chi connectivity index (χ0v) is 7.69.